The van der Waals surface area contributed by atoms with E-state index in [2.05, 4.69) is 12.2 Å². The predicted octanol–water partition coefficient (Wildman–Crippen LogP) is 2.21. The molecule has 1 N–H and O–H groups in total. The molecule has 0 bridgehead atoms. The molecule has 0 atom stereocenters. The summed E-state index contributed by atoms with van der Waals surface area (Å²) in [6.45, 7) is 5.52. The molecule has 22 heavy (non-hydrogen) atoms. The second kappa shape index (κ2) is 8.70. The van der Waals surface area contributed by atoms with E-state index in [-0.39, 0.29) is 5.91 Å². The van der Waals surface area contributed by atoms with Crippen molar-refractivity contribution in [1.29, 1.82) is 0 Å². The van der Waals surface area contributed by atoms with Crippen LogP contribution in [0.2, 0.25) is 0 Å². The van der Waals surface area contributed by atoms with Crippen molar-refractivity contribution in [3.63, 3.8) is 0 Å². The van der Waals surface area contributed by atoms with Crippen LogP contribution in [0.3, 0.4) is 0 Å². The molecule has 1 aliphatic heterocycles. The highest BCUT2D eigenvalue weighted by molar-refractivity contribution is 7.80. The van der Waals surface area contributed by atoms with Crippen LogP contribution in [-0.4, -0.2) is 48.8 Å². The third-order valence-corrected chi connectivity index (χ3v) is 3.76. The number of hydrogen-bond donors (Lipinski definition) is 1. The van der Waals surface area contributed by atoms with E-state index >= 15 is 0 Å². The Bertz CT molecular complexity index is 499. The Morgan fingerprint density at radius 3 is 2.64 bits per heavy atom. The van der Waals surface area contributed by atoms with Gasteiger partial charge in [-0.15, -0.1) is 0 Å². The smallest absolute Gasteiger partial charge is 0.257 e. The van der Waals surface area contributed by atoms with Gasteiger partial charge < -0.3 is 14.4 Å². The molecule has 0 aromatic heterocycles. The van der Waals surface area contributed by atoms with Gasteiger partial charge in [-0.1, -0.05) is 13.3 Å². The van der Waals surface area contributed by atoms with Crippen LogP contribution in [0.1, 0.15) is 30.1 Å². The quantitative estimate of drug-likeness (QED) is 0.665. The third-order valence-electron chi connectivity index (χ3n) is 3.40. The fraction of sp³-hybridized carbons (Fsp3) is 0.500. The predicted molar refractivity (Wildman–Crippen MR) is 89.3 cm³/mol. The van der Waals surface area contributed by atoms with Gasteiger partial charge in [0.25, 0.3) is 5.91 Å². The van der Waals surface area contributed by atoms with Crippen molar-refractivity contribution < 1.29 is 14.3 Å². The summed E-state index contributed by atoms with van der Waals surface area (Å²) in [6.07, 6.45) is 2.12. The minimum absolute atomic E-state index is 0.198. The zero-order valence-electron chi connectivity index (χ0n) is 12.8. The first-order valence-electron chi connectivity index (χ1n) is 7.61. The maximum absolute atomic E-state index is 12.2. The monoisotopic (exact) mass is 322 g/mol. The fourth-order valence-corrected chi connectivity index (χ4v) is 2.33. The highest BCUT2D eigenvalue weighted by Crippen LogP contribution is 2.13. The van der Waals surface area contributed by atoms with E-state index in [1.54, 1.807) is 12.1 Å². The van der Waals surface area contributed by atoms with Crippen LogP contribution in [0.4, 0.5) is 0 Å². The first-order chi connectivity index (χ1) is 10.7. The van der Waals surface area contributed by atoms with Crippen LogP contribution in [0.15, 0.2) is 24.3 Å². The molecular weight excluding hydrogens is 300 g/mol. The van der Waals surface area contributed by atoms with Gasteiger partial charge in [0.05, 0.1) is 19.8 Å². The van der Waals surface area contributed by atoms with Crippen molar-refractivity contribution >= 4 is 23.2 Å². The van der Waals surface area contributed by atoms with Crippen LogP contribution in [-0.2, 0) is 4.74 Å². The second-order valence-electron chi connectivity index (χ2n) is 5.09. The lowest BCUT2D eigenvalue weighted by Crippen LogP contribution is -2.47. The molecule has 0 radical (unpaired) electrons. The highest BCUT2D eigenvalue weighted by atomic mass is 32.1. The average Bonchev–Trinajstić information content (AvgIpc) is 2.56. The topological polar surface area (TPSA) is 50.8 Å². The molecule has 1 aliphatic rings. The lowest BCUT2D eigenvalue weighted by atomic mass is 10.2. The first-order valence-corrected chi connectivity index (χ1v) is 8.02. The SMILES string of the molecule is CCCCOc1ccc(C(=O)NC(=S)N2CCOCC2)cc1. The van der Waals surface area contributed by atoms with Gasteiger partial charge in [-0.3, -0.25) is 10.1 Å². The molecule has 1 aromatic carbocycles. The molecule has 1 saturated heterocycles. The summed E-state index contributed by atoms with van der Waals surface area (Å²) in [5.74, 6) is 0.581. The summed E-state index contributed by atoms with van der Waals surface area (Å²) >= 11 is 5.26. The number of morpholine rings is 1. The molecular formula is C16H22N2O3S. The van der Waals surface area contributed by atoms with Crippen LogP contribution in [0, 0.1) is 0 Å². The molecule has 120 valence electrons. The van der Waals surface area contributed by atoms with Crippen molar-refractivity contribution in [2.75, 3.05) is 32.9 Å². The molecule has 1 aromatic rings. The Kier molecular flexibility index (Phi) is 6.61. The number of thiocarbonyl (C=S) groups is 1. The Labute approximate surface area is 136 Å². The number of rotatable bonds is 5. The van der Waals surface area contributed by atoms with Gasteiger partial charge in [-0.2, -0.15) is 0 Å². The van der Waals surface area contributed by atoms with Gasteiger partial charge in [-0.25, -0.2) is 0 Å². The summed E-state index contributed by atoms with van der Waals surface area (Å²) in [6, 6.07) is 7.11. The summed E-state index contributed by atoms with van der Waals surface area (Å²) < 4.78 is 10.8. The standard InChI is InChI=1S/C16H22N2O3S/c1-2-3-10-21-14-6-4-13(5-7-14)15(19)17-16(22)18-8-11-20-12-9-18/h4-7H,2-3,8-12H2,1H3,(H,17,19,22). The molecule has 1 amide bonds. The van der Waals surface area contributed by atoms with Gasteiger partial charge in [-0.05, 0) is 42.9 Å². The number of ether oxygens (including phenoxy) is 2. The molecule has 0 saturated carbocycles. The Hall–Kier alpha value is -1.66. The van der Waals surface area contributed by atoms with Gasteiger partial charge in [0.2, 0.25) is 0 Å². The lowest BCUT2D eigenvalue weighted by Gasteiger charge is -2.28. The van der Waals surface area contributed by atoms with E-state index in [9.17, 15) is 4.79 Å². The van der Waals surface area contributed by atoms with Gasteiger partial charge >= 0.3 is 0 Å². The van der Waals surface area contributed by atoms with Gasteiger partial charge in [0, 0.05) is 18.7 Å². The largest absolute Gasteiger partial charge is 0.494 e. The summed E-state index contributed by atoms with van der Waals surface area (Å²) in [7, 11) is 0. The highest BCUT2D eigenvalue weighted by Gasteiger charge is 2.16. The van der Waals surface area contributed by atoms with E-state index in [4.69, 9.17) is 21.7 Å². The normalized spacial score (nSPS) is 14.5. The number of carbonyl (C=O) groups excluding carboxylic acids is 1. The molecule has 2 rings (SSSR count). The van der Waals surface area contributed by atoms with E-state index in [1.165, 1.54) is 0 Å². The van der Waals surface area contributed by atoms with Crippen molar-refractivity contribution in [3.05, 3.63) is 29.8 Å². The zero-order chi connectivity index (χ0) is 15.8. The van der Waals surface area contributed by atoms with Gasteiger partial charge in [0.15, 0.2) is 5.11 Å². The molecule has 5 nitrogen and oxygen atoms in total. The van der Waals surface area contributed by atoms with E-state index in [1.807, 2.05) is 17.0 Å². The maximum atomic E-state index is 12.2. The minimum atomic E-state index is -0.198. The molecule has 0 spiro atoms. The van der Waals surface area contributed by atoms with Gasteiger partial charge in [0.1, 0.15) is 5.75 Å². The fourth-order valence-electron chi connectivity index (χ4n) is 2.05. The van der Waals surface area contributed by atoms with Crippen molar-refractivity contribution in [3.8, 4) is 5.75 Å². The molecule has 1 fully saturated rings. The Morgan fingerprint density at radius 2 is 2.00 bits per heavy atom. The summed E-state index contributed by atoms with van der Waals surface area (Å²) in [5.41, 5.74) is 0.568. The first kappa shape index (κ1) is 16.7. The Morgan fingerprint density at radius 1 is 1.32 bits per heavy atom. The number of nitrogens with zero attached hydrogens (tertiary/aromatic N) is 1. The van der Waals surface area contributed by atoms with E-state index < -0.39 is 0 Å². The number of benzene rings is 1. The minimum Gasteiger partial charge on any atom is -0.494 e. The molecule has 0 aliphatic carbocycles. The summed E-state index contributed by atoms with van der Waals surface area (Å²) in [5, 5.41) is 3.21. The number of carbonyl (C=O) groups is 1. The molecule has 1 heterocycles. The average molecular weight is 322 g/mol. The zero-order valence-corrected chi connectivity index (χ0v) is 13.7. The summed E-state index contributed by atoms with van der Waals surface area (Å²) in [4.78, 5) is 14.1. The van der Waals surface area contributed by atoms with E-state index in [0.29, 0.717) is 43.6 Å². The van der Waals surface area contributed by atoms with Crippen LogP contribution < -0.4 is 10.1 Å². The van der Waals surface area contributed by atoms with Crippen LogP contribution in [0.25, 0.3) is 0 Å². The Balaban J connectivity index is 1.85. The molecule has 6 heteroatoms. The molecule has 0 unspecified atom stereocenters. The van der Waals surface area contributed by atoms with Crippen LogP contribution >= 0.6 is 12.2 Å². The number of hydrogen-bond acceptors (Lipinski definition) is 4. The third kappa shape index (κ3) is 4.96. The number of unbranched alkanes of at least 4 members (excludes halogenated alkanes) is 1. The number of amides is 1. The van der Waals surface area contributed by atoms with Crippen molar-refractivity contribution in [2.45, 2.75) is 19.8 Å². The number of nitrogens with one attached hydrogen (secondary N) is 1. The van der Waals surface area contributed by atoms with E-state index in [0.717, 1.165) is 18.6 Å². The maximum Gasteiger partial charge on any atom is 0.257 e. The lowest BCUT2D eigenvalue weighted by molar-refractivity contribution is 0.0669. The van der Waals surface area contributed by atoms with Crippen LogP contribution in [0.5, 0.6) is 5.75 Å². The van der Waals surface area contributed by atoms with Crippen molar-refractivity contribution in [2.24, 2.45) is 0 Å². The van der Waals surface area contributed by atoms with Crippen molar-refractivity contribution in [1.82, 2.24) is 10.2 Å². The second-order valence-corrected chi connectivity index (χ2v) is 5.47.